The summed E-state index contributed by atoms with van der Waals surface area (Å²) < 4.78 is 5.62. The van der Waals surface area contributed by atoms with Gasteiger partial charge in [-0.2, -0.15) is 0 Å². The fourth-order valence-electron chi connectivity index (χ4n) is 2.61. The molecule has 0 fully saturated rings. The Hall–Kier alpha value is -3.09. The summed E-state index contributed by atoms with van der Waals surface area (Å²) in [5.74, 6) is 0.478. The molecule has 1 unspecified atom stereocenters. The number of benzene rings is 2. The molecule has 0 aliphatic heterocycles. The monoisotopic (exact) mass is 371 g/mol. The summed E-state index contributed by atoms with van der Waals surface area (Å²) in [5, 5.41) is 13.8. The lowest BCUT2D eigenvalue weighted by atomic mass is 10.1. The van der Waals surface area contributed by atoms with E-state index in [1.165, 1.54) is 18.2 Å². The molecule has 0 aliphatic carbocycles. The number of ether oxygens (including phenoxy) is 1. The third kappa shape index (κ3) is 5.99. The molecule has 0 spiro atoms. The van der Waals surface area contributed by atoms with Crippen LogP contribution in [0, 0.1) is 10.1 Å². The molecular formula is C20H25N3O4. The number of nitro groups is 1. The molecule has 144 valence electrons. The molecule has 0 saturated heterocycles. The van der Waals surface area contributed by atoms with Crippen molar-refractivity contribution in [2.75, 3.05) is 5.73 Å². The van der Waals surface area contributed by atoms with E-state index in [2.05, 4.69) is 5.32 Å². The SMILES string of the molecule is CC(CCc1ccc(OC(C)C)cc1)NC(=O)c1ccc(N)c([N+](=O)[O-])c1. The maximum absolute atomic E-state index is 12.3. The van der Waals surface area contributed by atoms with E-state index in [-0.39, 0.29) is 35.0 Å². The summed E-state index contributed by atoms with van der Waals surface area (Å²) in [6.07, 6.45) is 1.67. The Bertz CT molecular complexity index is 803. The summed E-state index contributed by atoms with van der Waals surface area (Å²) in [6, 6.07) is 11.9. The fraction of sp³-hybridized carbons (Fsp3) is 0.350. The number of nitro benzene ring substituents is 1. The quantitative estimate of drug-likeness (QED) is 0.418. The van der Waals surface area contributed by atoms with Gasteiger partial charge in [0.2, 0.25) is 0 Å². The highest BCUT2D eigenvalue weighted by atomic mass is 16.6. The van der Waals surface area contributed by atoms with Gasteiger partial charge in [0.15, 0.2) is 0 Å². The van der Waals surface area contributed by atoms with Crippen LogP contribution in [-0.4, -0.2) is 23.0 Å². The van der Waals surface area contributed by atoms with E-state index in [0.29, 0.717) is 0 Å². The van der Waals surface area contributed by atoms with Crippen LogP contribution in [0.15, 0.2) is 42.5 Å². The van der Waals surface area contributed by atoms with Gasteiger partial charge in [0.1, 0.15) is 11.4 Å². The Kier molecular flexibility index (Phi) is 6.76. The Morgan fingerprint density at radius 2 is 1.85 bits per heavy atom. The van der Waals surface area contributed by atoms with Crippen molar-refractivity contribution in [3.63, 3.8) is 0 Å². The van der Waals surface area contributed by atoms with Gasteiger partial charge in [0.05, 0.1) is 11.0 Å². The highest BCUT2D eigenvalue weighted by molar-refractivity contribution is 5.95. The highest BCUT2D eigenvalue weighted by Crippen LogP contribution is 2.22. The number of amides is 1. The standard InChI is InChI=1S/C20H25N3O4/c1-13(2)27-17-9-6-15(7-10-17)5-4-14(3)22-20(24)16-8-11-18(21)19(12-16)23(25)26/h6-14H,4-5,21H2,1-3H3,(H,22,24). The minimum Gasteiger partial charge on any atom is -0.491 e. The van der Waals surface area contributed by atoms with Crippen LogP contribution in [0.25, 0.3) is 0 Å². The van der Waals surface area contributed by atoms with E-state index in [9.17, 15) is 14.9 Å². The minimum atomic E-state index is -0.595. The molecule has 2 rings (SSSR count). The number of nitrogens with two attached hydrogens (primary N) is 1. The third-order valence-electron chi connectivity index (χ3n) is 4.03. The van der Waals surface area contributed by atoms with Gasteiger partial charge in [-0.3, -0.25) is 14.9 Å². The van der Waals surface area contributed by atoms with Crippen LogP contribution < -0.4 is 15.8 Å². The largest absolute Gasteiger partial charge is 0.491 e. The number of anilines is 1. The number of nitrogens with zero attached hydrogens (tertiary/aromatic N) is 1. The number of aryl methyl sites for hydroxylation is 1. The van der Waals surface area contributed by atoms with Crippen LogP contribution in [0.5, 0.6) is 5.75 Å². The number of carbonyl (C=O) groups is 1. The minimum absolute atomic E-state index is 0.0366. The molecule has 0 saturated carbocycles. The van der Waals surface area contributed by atoms with Crippen LogP contribution in [-0.2, 0) is 6.42 Å². The zero-order chi connectivity index (χ0) is 20.0. The van der Waals surface area contributed by atoms with Crippen LogP contribution in [0.1, 0.15) is 43.1 Å². The summed E-state index contributed by atoms with van der Waals surface area (Å²) in [6.45, 7) is 5.86. The predicted octanol–water partition coefficient (Wildman–Crippen LogP) is 3.72. The third-order valence-corrected chi connectivity index (χ3v) is 4.03. The normalized spacial score (nSPS) is 11.9. The zero-order valence-electron chi connectivity index (χ0n) is 15.8. The molecule has 3 N–H and O–H groups in total. The van der Waals surface area contributed by atoms with Crippen molar-refractivity contribution in [3.8, 4) is 5.75 Å². The molecule has 1 amide bonds. The Morgan fingerprint density at radius 1 is 1.19 bits per heavy atom. The number of rotatable bonds is 8. The molecule has 1 atom stereocenters. The molecule has 0 aromatic heterocycles. The van der Waals surface area contributed by atoms with E-state index < -0.39 is 4.92 Å². The van der Waals surface area contributed by atoms with Crippen LogP contribution in [0.3, 0.4) is 0 Å². The average molecular weight is 371 g/mol. The Balaban J connectivity index is 1.90. The summed E-state index contributed by atoms with van der Waals surface area (Å²) in [5.41, 5.74) is 6.70. The molecule has 27 heavy (non-hydrogen) atoms. The molecule has 0 aliphatic rings. The van der Waals surface area contributed by atoms with E-state index in [0.717, 1.165) is 24.2 Å². The first-order valence-corrected chi connectivity index (χ1v) is 8.86. The predicted molar refractivity (Wildman–Crippen MR) is 105 cm³/mol. The highest BCUT2D eigenvalue weighted by Gasteiger charge is 2.17. The Labute approximate surface area is 158 Å². The van der Waals surface area contributed by atoms with Crippen LogP contribution in [0.2, 0.25) is 0 Å². The molecule has 0 radical (unpaired) electrons. The number of nitrogens with one attached hydrogen (secondary N) is 1. The van der Waals surface area contributed by atoms with Gasteiger partial charge in [-0.25, -0.2) is 0 Å². The van der Waals surface area contributed by atoms with E-state index >= 15 is 0 Å². The molecule has 2 aromatic rings. The van der Waals surface area contributed by atoms with Crippen molar-refractivity contribution in [1.29, 1.82) is 0 Å². The first-order valence-electron chi connectivity index (χ1n) is 8.86. The van der Waals surface area contributed by atoms with Crippen LogP contribution >= 0.6 is 0 Å². The van der Waals surface area contributed by atoms with Crippen LogP contribution in [0.4, 0.5) is 11.4 Å². The van der Waals surface area contributed by atoms with Crippen molar-refractivity contribution in [1.82, 2.24) is 5.32 Å². The molecule has 7 nitrogen and oxygen atoms in total. The van der Waals surface area contributed by atoms with E-state index in [1.807, 2.05) is 45.0 Å². The van der Waals surface area contributed by atoms with Gasteiger partial charge in [0, 0.05) is 17.7 Å². The smallest absolute Gasteiger partial charge is 0.292 e. The second-order valence-corrected chi connectivity index (χ2v) is 6.75. The van der Waals surface area contributed by atoms with E-state index in [4.69, 9.17) is 10.5 Å². The van der Waals surface area contributed by atoms with Crippen molar-refractivity contribution < 1.29 is 14.5 Å². The molecule has 7 heteroatoms. The van der Waals surface area contributed by atoms with E-state index in [1.54, 1.807) is 0 Å². The number of nitrogen functional groups attached to an aromatic ring is 1. The number of hydrogen-bond donors (Lipinski definition) is 2. The second-order valence-electron chi connectivity index (χ2n) is 6.75. The maximum atomic E-state index is 12.3. The maximum Gasteiger partial charge on any atom is 0.292 e. The molecule has 2 aromatic carbocycles. The number of hydrogen-bond acceptors (Lipinski definition) is 5. The molecular weight excluding hydrogens is 346 g/mol. The topological polar surface area (TPSA) is 107 Å². The molecule has 0 heterocycles. The van der Waals surface area contributed by atoms with Crippen molar-refractivity contribution in [3.05, 3.63) is 63.7 Å². The zero-order valence-corrected chi connectivity index (χ0v) is 15.8. The lowest BCUT2D eigenvalue weighted by molar-refractivity contribution is -0.383. The van der Waals surface area contributed by atoms with Gasteiger partial charge in [0.25, 0.3) is 11.6 Å². The van der Waals surface area contributed by atoms with Gasteiger partial charge in [-0.15, -0.1) is 0 Å². The second kappa shape index (κ2) is 9.02. The van der Waals surface area contributed by atoms with Gasteiger partial charge in [-0.05, 0) is 63.4 Å². The lowest BCUT2D eigenvalue weighted by Crippen LogP contribution is -2.32. The van der Waals surface area contributed by atoms with Crippen molar-refractivity contribution >= 4 is 17.3 Å². The number of carbonyl (C=O) groups excluding carboxylic acids is 1. The summed E-state index contributed by atoms with van der Waals surface area (Å²) in [7, 11) is 0. The molecule has 0 bridgehead atoms. The summed E-state index contributed by atoms with van der Waals surface area (Å²) in [4.78, 5) is 22.7. The summed E-state index contributed by atoms with van der Waals surface area (Å²) >= 11 is 0. The first kappa shape index (κ1) is 20.2. The van der Waals surface area contributed by atoms with Gasteiger partial charge in [-0.1, -0.05) is 12.1 Å². The lowest BCUT2D eigenvalue weighted by Gasteiger charge is -2.14. The first-order chi connectivity index (χ1) is 12.8. The fourth-order valence-corrected chi connectivity index (χ4v) is 2.61. The van der Waals surface area contributed by atoms with Crippen molar-refractivity contribution in [2.24, 2.45) is 0 Å². The average Bonchev–Trinajstić information content (AvgIpc) is 2.60. The van der Waals surface area contributed by atoms with Crippen molar-refractivity contribution in [2.45, 2.75) is 45.8 Å². The Morgan fingerprint density at radius 3 is 2.44 bits per heavy atom. The van der Waals surface area contributed by atoms with Gasteiger partial charge < -0.3 is 15.8 Å². The van der Waals surface area contributed by atoms with Gasteiger partial charge >= 0.3 is 0 Å².